The van der Waals surface area contributed by atoms with E-state index in [0.29, 0.717) is 12.1 Å². The first kappa shape index (κ1) is 12.9. The van der Waals surface area contributed by atoms with Crippen molar-refractivity contribution in [2.24, 2.45) is 5.73 Å². The standard InChI is InChI=1S/C12H26N2O/c1-11(10-15)14(9-5-8-13)12-6-3-2-4-7-12/h11-12,15H,2-10,13H2,1H3. The van der Waals surface area contributed by atoms with E-state index in [1.165, 1.54) is 32.1 Å². The van der Waals surface area contributed by atoms with Crippen molar-refractivity contribution >= 4 is 0 Å². The Kier molecular flexibility index (Phi) is 6.22. The smallest absolute Gasteiger partial charge is 0.0584 e. The van der Waals surface area contributed by atoms with Gasteiger partial charge in [0.05, 0.1) is 6.61 Å². The quantitative estimate of drug-likeness (QED) is 0.702. The molecule has 1 aliphatic rings. The van der Waals surface area contributed by atoms with Crippen molar-refractivity contribution < 1.29 is 5.11 Å². The Morgan fingerprint density at radius 2 is 2.00 bits per heavy atom. The van der Waals surface area contributed by atoms with Gasteiger partial charge in [0.15, 0.2) is 0 Å². The molecule has 90 valence electrons. The van der Waals surface area contributed by atoms with Crippen molar-refractivity contribution in [1.29, 1.82) is 0 Å². The first-order valence-corrected chi connectivity index (χ1v) is 6.36. The fourth-order valence-electron chi connectivity index (χ4n) is 2.55. The summed E-state index contributed by atoms with van der Waals surface area (Å²) >= 11 is 0. The van der Waals surface area contributed by atoms with Gasteiger partial charge in [0, 0.05) is 18.6 Å². The van der Waals surface area contributed by atoms with Crippen LogP contribution in [0.15, 0.2) is 0 Å². The second kappa shape index (κ2) is 7.20. The predicted molar refractivity (Wildman–Crippen MR) is 63.8 cm³/mol. The number of aliphatic hydroxyl groups excluding tert-OH is 1. The lowest BCUT2D eigenvalue weighted by molar-refractivity contribution is 0.0732. The van der Waals surface area contributed by atoms with Gasteiger partial charge in [-0.2, -0.15) is 0 Å². The SMILES string of the molecule is CC(CO)N(CCCN)C1CCCCC1. The molecule has 0 amide bonds. The molecule has 0 aliphatic heterocycles. The third kappa shape index (κ3) is 4.09. The fourth-order valence-corrected chi connectivity index (χ4v) is 2.55. The van der Waals surface area contributed by atoms with E-state index in [-0.39, 0.29) is 6.61 Å². The lowest BCUT2D eigenvalue weighted by Gasteiger charge is -2.38. The van der Waals surface area contributed by atoms with Crippen LogP contribution in [0.5, 0.6) is 0 Å². The topological polar surface area (TPSA) is 49.5 Å². The number of hydrogen-bond donors (Lipinski definition) is 2. The number of aliphatic hydroxyl groups is 1. The highest BCUT2D eigenvalue weighted by Crippen LogP contribution is 2.24. The van der Waals surface area contributed by atoms with Crippen LogP contribution in [0.2, 0.25) is 0 Å². The molecular weight excluding hydrogens is 188 g/mol. The number of hydrogen-bond acceptors (Lipinski definition) is 3. The summed E-state index contributed by atoms with van der Waals surface area (Å²) in [6.45, 7) is 4.18. The van der Waals surface area contributed by atoms with E-state index >= 15 is 0 Å². The number of nitrogens with zero attached hydrogens (tertiary/aromatic N) is 1. The molecule has 0 saturated heterocycles. The highest BCUT2D eigenvalue weighted by molar-refractivity contribution is 4.79. The summed E-state index contributed by atoms with van der Waals surface area (Å²) in [6, 6.07) is 0.979. The Morgan fingerprint density at radius 3 is 2.53 bits per heavy atom. The molecular formula is C12H26N2O. The molecule has 0 radical (unpaired) electrons. The monoisotopic (exact) mass is 214 g/mol. The van der Waals surface area contributed by atoms with Crippen LogP contribution < -0.4 is 5.73 Å². The Balaban J connectivity index is 2.45. The van der Waals surface area contributed by atoms with Crippen molar-refractivity contribution in [2.75, 3.05) is 19.7 Å². The summed E-state index contributed by atoms with van der Waals surface area (Å²) in [4.78, 5) is 2.46. The van der Waals surface area contributed by atoms with Crippen LogP contribution in [0.4, 0.5) is 0 Å². The molecule has 0 spiro atoms. The minimum absolute atomic E-state index is 0.265. The van der Waals surface area contributed by atoms with Crippen LogP contribution in [0.1, 0.15) is 45.4 Å². The summed E-state index contributed by atoms with van der Waals surface area (Å²) in [5.41, 5.74) is 5.56. The molecule has 0 heterocycles. The molecule has 3 heteroatoms. The molecule has 15 heavy (non-hydrogen) atoms. The number of rotatable bonds is 6. The molecule has 1 unspecified atom stereocenters. The van der Waals surface area contributed by atoms with E-state index in [1.807, 2.05) is 0 Å². The lowest BCUT2D eigenvalue weighted by atomic mass is 9.93. The van der Waals surface area contributed by atoms with Gasteiger partial charge in [-0.05, 0) is 32.7 Å². The Labute approximate surface area is 93.6 Å². The van der Waals surface area contributed by atoms with Gasteiger partial charge in [0.2, 0.25) is 0 Å². The maximum Gasteiger partial charge on any atom is 0.0584 e. The highest BCUT2D eigenvalue weighted by atomic mass is 16.3. The van der Waals surface area contributed by atoms with Gasteiger partial charge in [-0.1, -0.05) is 19.3 Å². The van der Waals surface area contributed by atoms with E-state index in [4.69, 9.17) is 5.73 Å². The molecule has 1 rings (SSSR count). The number of nitrogens with two attached hydrogens (primary N) is 1. The minimum atomic E-state index is 0.265. The molecule has 1 saturated carbocycles. The maximum atomic E-state index is 9.26. The van der Waals surface area contributed by atoms with Crippen molar-refractivity contribution in [3.05, 3.63) is 0 Å². The summed E-state index contributed by atoms with van der Waals surface area (Å²) in [5, 5.41) is 9.26. The summed E-state index contributed by atoms with van der Waals surface area (Å²) in [6.07, 6.45) is 7.73. The molecule has 0 bridgehead atoms. The van der Waals surface area contributed by atoms with Crippen molar-refractivity contribution in [2.45, 2.75) is 57.5 Å². The van der Waals surface area contributed by atoms with Gasteiger partial charge in [-0.25, -0.2) is 0 Å². The van der Waals surface area contributed by atoms with Crippen LogP contribution >= 0.6 is 0 Å². The van der Waals surface area contributed by atoms with Crippen LogP contribution in [0.3, 0.4) is 0 Å². The summed E-state index contributed by atoms with van der Waals surface area (Å²) < 4.78 is 0. The minimum Gasteiger partial charge on any atom is -0.395 e. The normalized spacial score (nSPS) is 20.8. The predicted octanol–water partition coefficient (Wildman–Crippen LogP) is 1.35. The fraction of sp³-hybridized carbons (Fsp3) is 1.00. The second-order valence-electron chi connectivity index (χ2n) is 4.70. The van der Waals surface area contributed by atoms with E-state index in [9.17, 15) is 5.11 Å². The molecule has 1 aliphatic carbocycles. The third-order valence-electron chi connectivity index (χ3n) is 3.49. The summed E-state index contributed by atoms with van der Waals surface area (Å²) in [7, 11) is 0. The average Bonchev–Trinajstić information content (AvgIpc) is 2.30. The Morgan fingerprint density at radius 1 is 1.33 bits per heavy atom. The zero-order valence-corrected chi connectivity index (χ0v) is 9.99. The van der Waals surface area contributed by atoms with Crippen LogP contribution in [0, 0.1) is 0 Å². The molecule has 3 N–H and O–H groups in total. The highest BCUT2D eigenvalue weighted by Gasteiger charge is 2.24. The first-order chi connectivity index (χ1) is 7.29. The molecule has 0 aromatic carbocycles. The molecule has 0 aromatic heterocycles. The third-order valence-corrected chi connectivity index (χ3v) is 3.49. The zero-order valence-electron chi connectivity index (χ0n) is 9.99. The summed E-state index contributed by atoms with van der Waals surface area (Å²) in [5.74, 6) is 0. The van der Waals surface area contributed by atoms with Gasteiger partial charge in [-0.3, -0.25) is 4.90 Å². The second-order valence-corrected chi connectivity index (χ2v) is 4.70. The van der Waals surface area contributed by atoms with Gasteiger partial charge in [-0.15, -0.1) is 0 Å². The van der Waals surface area contributed by atoms with E-state index in [0.717, 1.165) is 19.5 Å². The van der Waals surface area contributed by atoms with Crippen LogP contribution in [-0.4, -0.2) is 41.8 Å². The van der Waals surface area contributed by atoms with Crippen LogP contribution in [-0.2, 0) is 0 Å². The zero-order chi connectivity index (χ0) is 11.1. The van der Waals surface area contributed by atoms with E-state index in [1.54, 1.807) is 0 Å². The molecule has 3 nitrogen and oxygen atoms in total. The van der Waals surface area contributed by atoms with E-state index in [2.05, 4.69) is 11.8 Å². The van der Waals surface area contributed by atoms with Crippen molar-refractivity contribution in [3.63, 3.8) is 0 Å². The average molecular weight is 214 g/mol. The van der Waals surface area contributed by atoms with Crippen LogP contribution in [0.25, 0.3) is 0 Å². The molecule has 1 atom stereocenters. The maximum absolute atomic E-state index is 9.26. The van der Waals surface area contributed by atoms with Gasteiger partial charge < -0.3 is 10.8 Å². The van der Waals surface area contributed by atoms with Gasteiger partial charge in [0.25, 0.3) is 0 Å². The first-order valence-electron chi connectivity index (χ1n) is 6.36. The molecule has 1 fully saturated rings. The largest absolute Gasteiger partial charge is 0.395 e. The lowest BCUT2D eigenvalue weighted by Crippen LogP contribution is -2.45. The Hall–Kier alpha value is -0.120. The van der Waals surface area contributed by atoms with E-state index < -0.39 is 0 Å². The van der Waals surface area contributed by atoms with Gasteiger partial charge >= 0.3 is 0 Å². The van der Waals surface area contributed by atoms with Gasteiger partial charge in [0.1, 0.15) is 0 Å². The van der Waals surface area contributed by atoms with Crippen molar-refractivity contribution in [1.82, 2.24) is 4.90 Å². The Bertz CT molecular complexity index is 158. The van der Waals surface area contributed by atoms with Crippen molar-refractivity contribution in [3.8, 4) is 0 Å². The molecule has 0 aromatic rings.